The van der Waals surface area contributed by atoms with E-state index in [1.54, 1.807) is 0 Å². The first-order chi connectivity index (χ1) is 11.4. The zero-order valence-electron chi connectivity index (χ0n) is 13.0. The molecule has 1 fully saturated rings. The molecular weight excluding hydrogens is 322 g/mol. The van der Waals surface area contributed by atoms with Crippen LogP contribution in [0.1, 0.15) is 37.3 Å². The molecule has 1 aromatic carbocycles. The van der Waals surface area contributed by atoms with Crippen LogP contribution in [-0.2, 0) is 4.79 Å². The Morgan fingerprint density at radius 3 is 2.25 bits per heavy atom. The highest BCUT2D eigenvalue weighted by atomic mass is 19.1. The fraction of sp³-hybridized carbons (Fsp3) is 0.500. The van der Waals surface area contributed by atoms with E-state index in [1.165, 1.54) is 6.07 Å². The van der Waals surface area contributed by atoms with Crippen molar-refractivity contribution < 1.29 is 28.6 Å². The van der Waals surface area contributed by atoms with Gasteiger partial charge in [0.25, 0.3) is 0 Å². The number of aliphatic hydroxyl groups is 1. The minimum atomic E-state index is -1.21. The molecule has 1 unspecified atom stereocenters. The smallest absolute Gasteiger partial charge is 0.315 e. The highest BCUT2D eigenvalue weighted by Crippen LogP contribution is 2.25. The number of hydrogen-bond acceptors (Lipinski definition) is 3. The van der Waals surface area contributed by atoms with Crippen molar-refractivity contribution >= 4 is 12.0 Å². The summed E-state index contributed by atoms with van der Waals surface area (Å²) in [6.07, 6.45) is 1.96. The van der Waals surface area contributed by atoms with E-state index in [4.69, 9.17) is 5.11 Å². The number of nitrogens with one attached hydrogen (secondary N) is 2. The average molecular weight is 342 g/mol. The zero-order chi connectivity index (χ0) is 17.7. The van der Waals surface area contributed by atoms with Crippen molar-refractivity contribution in [3.05, 3.63) is 35.4 Å². The molecule has 2 rings (SSSR count). The molecule has 6 nitrogen and oxygen atoms in total. The number of halogens is 2. The number of benzene rings is 1. The summed E-state index contributed by atoms with van der Waals surface area (Å²) in [6, 6.07) is 1.23. The summed E-state index contributed by atoms with van der Waals surface area (Å²) in [5.74, 6) is -2.94. The lowest BCUT2D eigenvalue weighted by atomic mass is 9.86. The van der Waals surface area contributed by atoms with Gasteiger partial charge in [0.1, 0.15) is 11.6 Å². The maximum absolute atomic E-state index is 13.7. The monoisotopic (exact) mass is 342 g/mol. The third-order valence-electron chi connectivity index (χ3n) is 4.25. The van der Waals surface area contributed by atoms with Gasteiger partial charge in [-0.2, -0.15) is 0 Å². The molecule has 0 heterocycles. The van der Waals surface area contributed by atoms with Crippen LogP contribution in [0.3, 0.4) is 0 Å². The molecule has 1 saturated carbocycles. The summed E-state index contributed by atoms with van der Waals surface area (Å²) in [6.45, 7) is -0.656. The van der Waals surface area contributed by atoms with Crippen LogP contribution in [0.15, 0.2) is 18.2 Å². The van der Waals surface area contributed by atoms with Gasteiger partial charge in [-0.3, -0.25) is 4.79 Å². The van der Waals surface area contributed by atoms with E-state index in [0.717, 1.165) is 12.1 Å². The van der Waals surface area contributed by atoms with Gasteiger partial charge in [0.15, 0.2) is 0 Å². The Kier molecular flexibility index (Phi) is 6.08. The van der Waals surface area contributed by atoms with Crippen LogP contribution < -0.4 is 10.6 Å². The predicted octanol–water partition coefficient (Wildman–Crippen LogP) is 1.94. The van der Waals surface area contributed by atoms with E-state index in [0.29, 0.717) is 25.7 Å². The third-order valence-corrected chi connectivity index (χ3v) is 4.25. The van der Waals surface area contributed by atoms with Gasteiger partial charge in [-0.15, -0.1) is 0 Å². The van der Waals surface area contributed by atoms with E-state index in [-0.39, 0.29) is 6.04 Å². The molecule has 0 aromatic heterocycles. The van der Waals surface area contributed by atoms with Gasteiger partial charge >= 0.3 is 12.0 Å². The Labute approximate surface area is 137 Å². The minimum absolute atomic E-state index is 0.203. The summed E-state index contributed by atoms with van der Waals surface area (Å²) in [4.78, 5) is 22.9. The quantitative estimate of drug-likeness (QED) is 0.657. The van der Waals surface area contributed by atoms with E-state index in [9.17, 15) is 23.5 Å². The largest absolute Gasteiger partial charge is 0.481 e. The van der Waals surface area contributed by atoms with E-state index in [1.807, 2.05) is 0 Å². The Hall–Kier alpha value is -2.22. The number of carbonyl (C=O) groups is 2. The average Bonchev–Trinajstić information content (AvgIpc) is 2.54. The number of hydrogen-bond donors (Lipinski definition) is 4. The van der Waals surface area contributed by atoms with Gasteiger partial charge in [0.05, 0.1) is 18.6 Å². The fourth-order valence-electron chi connectivity index (χ4n) is 2.92. The third kappa shape index (κ3) is 4.41. The highest BCUT2D eigenvalue weighted by molar-refractivity contribution is 5.75. The second-order valence-corrected chi connectivity index (χ2v) is 5.88. The van der Waals surface area contributed by atoms with Gasteiger partial charge in [0, 0.05) is 11.6 Å². The molecule has 4 N–H and O–H groups in total. The van der Waals surface area contributed by atoms with Crippen LogP contribution in [0.2, 0.25) is 0 Å². The van der Waals surface area contributed by atoms with Crippen molar-refractivity contribution in [3.8, 4) is 0 Å². The van der Waals surface area contributed by atoms with Crippen LogP contribution in [0.4, 0.5) is 13.6 Å². The number of carboxylic acid groups (broad SMARTS) is 1. The Balaban J connectivity index is 1.92. The SMILES string of the molecule is O=C(NC1CCC(C(=O)O)CC1)NC(CO)c1c(F)cccc1F. The van der Waals surface area contributed by atoms with Crippen LogP contribution >= 0.6 is 0 Å². The van der Waals surface area contributed by atoms with Crippen molar-refractivity contribution in [2.75, 3.05) is 6.61 Å². The summed E-state index contributed by atoms with van der Waals surface area (Å²) >= 11 is 0. The molecule has 8 heteroatoms. The number of amides is 2. The first-order valence-electron chi connectivity index (χ1n) is 7.77. The fourth-order valence-corrected chi connectivity index (χ4v) is 2.92. The summed E-state index contributed by atoms with van der Waals surface area (Å²) < 4.78 is 27.5. The van der Waals surface area contributed by atoms with Gasteiger partial charge in [-0.25, -0.2) is 13.6 Å². The zero-order valence-corrected chi connectivity index (χ0v) is 13.0. The lowest BCUT2D eigenvalue weighted by molar-refractivity contribution is -0.142. The first-order valence-corrected chi connectivity index (χ1v) is 7.77. The molecule has 0 saturated heterocycles. The maximum Gasteiger partial charge on any atom is 0.315 e. The predicted molar refractivity (Wildman–Crippen MR) is 81.2 cm³/mol. The second kappa shape index (κ2) is 8.05. The lowest BCUT2D eigenvalue weighted by Crippen LogP contribution is -2.46. The topological polar surface area (TPSA) is 98.7 Å². The minimum Gasteiger partial charge on any atom is -0.481 e. The molecule has 0 aliphatic heterocycles. The molecule has 1 atom stereocenters. The Morgan fingerprint density at radius 1 is 1.17 bits per heavy atom. The van der Waals surface area contributed by atoms with E-state index < -0.39 is 47.8 Å². The van der Waals surface area contributed by atoms with Gasteiger partial charge in [-0.1, -0.05) is 6.07 Å². The molecule has 132 valence electrons. The van der Waals surface area contributed by atoms with Crippen LogP contribution in [0.5, 0.6) is 0 Å². The number of carboxylic acids is 1. The van der Waals surface area contributed by atoms with Crippen molar-refractivity contribution in [1.82, 2.24) is 10.6 Å². The van der Waals surface area contributed by atoms with Gasteiger partial charge in [-0.05, 0) is 37.8 Å². The van der Waals surface area contributed by atoms with Gasteiger partial charge in [0.2, 0.25) is 0 Å². The Morgan fingerprint density at radius 2 is 1.75 bits per heavy atom. The van der Waals surface area contributed by atoms with Crippen molar-refractivity contribution in [2.24, 2.45) is 5.92 Å². The van der Waals surface area contributed by atoms with Crippen molar-refractivity contribution in [2.45, 2.75) is 37.8 Å². The second-order valence-electron chi connectivity index (χ2n) is 5.88. The van der Waals surface area contributed by atoms with Gasteiger partial charge < -0.3 is 20.8 Å². The normalized spacial score (nSPS) is 21.8. The van der Waals surface area contributed by atoms with Crippen LogP contribution in [0, 0.1) is 17.6 Å². The van der Waals surface area contributed by atoms with E-state index >= 15 is 0 Å². The molecule has 1 aromatic rings. The molecule has 1 aliphatic carbocycles. The molecule has 1 aliphatic rings. The van der Waals surface area contributed by atoms with Crippen LogP contribution in [-0.4, -0.2) is 34.9 Å². The molecule has 0 spiro atoms. The summed E-state index contributed by atoms with van der Waals surface area (Å²) in [5, 5.41) is 23.3. The Bertz CT molecular complexity index is 583. The highest BCUT2D eigenvalue weighted by Gasteiger charge is 2.28. The summed E-state index contributed by atoms with van der Waals surface area (Å²) in [7, 11) is 0. The molecular formula is C16H20F2N2O4. The number of aliphatic hydroxyl groups excluding tert-OH is 1. The molecule has 24 heavy (non-hydrogen) atoms. The first kappa shape index (κ1) is 18.1. The maximum atomic E-state index is 13.7. The van der Waals surface area contributed by atoms with E-state index in [2.05, 4.69) is 10.6 Å². The number of rotatable bonds is 5. The molecule has 0 radical (unpaired) electrons. The lowest BCUT2D eigenvalue weighted by Gasteiger charge is -2.27. The molecule has 0 bridgehead atoms. The summed E-state index contributed by atoms with van der Waals surface area (Å²) in [5.41, 5.74) is -0.398. The van der Waals surface area contributed by atoms with Crippen LogP contribution in [0.25, 0.3) is 0 Å². The standard InChI is InChI=1S/C16H20F2N2O4/c17-11-2-1-3-12(18)14(11)13(8-21)20-16(24)19-10-6-4-9(5-7-10)15(22)23/h1-3,9-10,13,21H,4-8H2,(H,22,23)(H2,19,20,24). The van der Waals surface area contributed by atoms with Crippen molar-refractivity contribution in [1.29, 1.82) is 0 Å². The number of aliphatic carboxylic acids is 1. The number of urea groups is 1. The number of carbonyl (C=O) groups excluding carboxylic acids is 1. The molecule has 2 amide bonds. The van der Waals surface area contributed by atoms with Crippen molar-refractivity contribution in [3.63, 3.8) is 0 Å².